The highest BCUT2D eigenvalue weighted by atomic mass is 32.2. The second-order valence-electron chi connectivity index (χ2n) is 3.73. The van der Waals surface area contributed by atoms with E-state index in [2.05, 4.69) is 9.71 Å². The molecule has 20 heavy (non-hydrogen) atoms. The maximum absolute atomic E-state index is 12.1. The average Bonchev–Trinajstić information content (AvgIpc) is 2.89. The molecular formula is C10H10N4O4S2. The number of anilines is 1. The van der Waals surface area contributed by atoms with E-state index in [1.54, 1.807) is 5.38 Å². The van der Waals surface area contributed by atoms with E-state index in [0.717, 1.165) is 12.1 Å². The van der Waals surface area contributed by atoms with Crippen LogP contribution in [-0.2, 0) is 16.6 Å². The number of nitrogens with zero attached hydrogens (tertiary/aromatic N) is 2. The van der Waals surface area contributed by atoms with Gasteiger partial charge in [-0.15, -0.1) is 11.3 Å². The number of hydrogen-bond donors (Lipinski definition) is 2. The van der Waals surface area contributed by atoms with Gasteiger partial charge in [0.15, 0.2) is 4.90 Å². The lowest BCUT2D eigenvalue weighted by Gasteiger charge is -2.06. The zero-order valence-electron chi connectivity index (χ0n) is 10.0. The molecule has 1 aromatic heterocycles. The number of aromatic nitrogens is 1. The Bertz CT molecular complexity index is 728. The zero-order valence-corrected chi connectivity index (χ0v) is 11.6. The van der Waals surface area contributed by atoms with Crippen LogP contribution in [0.25, 0.3) is 0 Å². The molecule has 0 aliphatic rings. The number of nitrogens with one attached hydrogen (secondary N) is 1. The number of nitro groups is 1. The molecule has 0 aliphatic heterocycles. The molecule has 2 aromatic rings. The predicted molar refractivity (Wildman–Crippen MR) is 73.6 cm³/mol. The third-order valence-corrected chi connectivity index (χ3v) is 4.58. The Morgan fingerprint density at radius 3 is 2.80 bits per heavy atom. The minimum Gasteiger partial charge on any atom is -0.399 e. The second-order valence-corrected chi connectivity index (χ2v) is 6.45. The van der Waals surface area contributed by atoms with E-state index >= 15 is 0 Å². The first-order chi connectivity index (χ1) is 9.40. The minimum absolute atomic E-state index is 0.0358. The van der Waals surface area contributed by atoms with Crippen molar-refractivity contribution in [2.45, 2.75) is 11.4 Å². The molecule has 0 fully saturated rings. The van der Waals surface area contributed by atoms with Crippen molar-refractivity contribution >= 4 is 32.7 Å². The molecule has 0 bridgehead atoms. The molecule has 10 heteroatoms. The van der Waals surface area contributed by atoms with Gasteiger partial charge < -0.3 is 5.73 Å². The van der Waals surface area contributed by atoms with Gasteiger partial charge in [-0.2, -0.15) is 0 Å². The van der Waals surface area contributed by atoms with Crippen LogP contribution in [0.15, 0.2) is 34.7 Å². The van der Waals surface area contributed by atoms with Crippen LogP contribution in [0.3, 0.4) is 0 Å². The number of benzene rings is 1. The number of thiazole rings is 1. The highest BCUT2D eigenvalue weighted by Gasteiger charge is 2.25. The van der Waals surface area contributed by atoms with E-state index in [0.29, 0.717) is 5.01 Å². The molecule has 1 aromatic carbocycles. The zero-order chi connectivity index (χ0) is 14.8. The van der Waals surface area contributed by atoms with Crippen LogP contribution in [0.2, 0.25) is 0 Å². The summed E-state index contributed by atoms with van der Waals surface area (Å²) in [5, 5.41) is 13.1. The van der Waals surface area contributed by atoms with Crippen LogP contribution in [0.1, 0.15) is 5.01 Å². The van der Waals surface area contributed by atoms with Crippen LogP contribution in [0.5, 0.6) is 0 Å². The summed E-state index contributed by atoms with van der Waals surface area (Å²) in [5.74, 6) is 0. The Morgan fingerprint density at radius 2 is 2.20 bits per heavy atom. The van der Waals surface area contributed by atoms with Crippen LogP contribution in [-0.4, -0.2) is 18.3 Å². The highest BCUT2D eigenvalue weighted by molar-refractivity contribution is 7.89. The van der Waals surface area contributed by atoms with Crippen molar-refractivity contribution in [2.24, 2.45) is 0 Å². The molecule has 0 atom stereocenters. The Labute approximate surface area is 118 Å². The molecule has 8 nitrogen and oxygen atoms in total. The summed E-state index contributed by atoms with van der Waals surface area (Å²) in [4.78, 5) is 13.6. The molecule has 0 amide bonds. The summed E-state index contributed by atoms with van der Waals surface area (Å²) < 4.78 is 26.5. The fourth-order valence-corrected chi connectivity index (χ4v) is 3.31. The monoisotopic (exact) mass is 314 g/mol. The molecule has 3 N–H and O–H groups in total. The fraction of sp³-hybridized carbons (Fsp3) is 0.100. The lowest BCUT2D eigenvalue weighted by Crippen LogP contribution is -2.24. The summed E-state index contributed by atoms with van der Waals surface area (Å²) in [5.41, 5.74) is 5.10. The van der Waals surface area contributed by atoms with Crippen molar-refractivity contribution in [1.29, 1.82) is 0 Å². The highest BCUT2D eigenvalue weighted by Crippen LogP contribution is 2.25. The summed E-state index contributed by atoms with van der Waals surface area (Å²) in [6.45, 7) is -0.0358. The van der Waals surface area contributed by atoms with Crippen molar-refractivity contribution in [1.82, 2.24) is 9.71 Å². The molecule has 0 saturated carbocycles. The van der Waals surface area contributed by atoms with E-state index in [1.165, 1.54) is 23.6 Å². The number of sulfonamides is 1. The van der Waals surface area contributed by atoms with Crippen molar-refractivity contribution in [2.75, 3.05) is 5.73 Å². The number of nitro benzene ring substituents is 1. The Hall–Kier alpha value is -2.04. The number of nitrogen functional groups attached to an aromatic ring is 1. The molecule has 0 spiro atoms. The van der Waals surface area contributed by atoms with Gasteiger partial charge in [0.1, 0.15) is 5.01 Å². The third kappa shape index (κ3) is 3.10. The summed E-state index contributed by atoms with van der Waals surface area (Å²) >= 11 is 1.28. The van der Waals surface area contributed by atoms with Gasteiger partial charge in [-0.25, -0.2) is 18.1 Å². The van der Waals surface area contributed by atoms with E-state index < -0.39 is 25.5 Å². The summed E-state index contributed by atoms with van der Waals surface area (Å²) in [6.07, 6.45) is 1.54. The van der Waals surface area contributed by atoms with Crippen LogP contribution < -0.4 is 10.5 Å². The van der Waals surface area contributed by atoms with Gasteiger partial charge >= 0.3 is 0 Å². The molecule has 1 heterocycles. The molecular weight excluding hydrogens is 304 g/mol. The molecule has 0 unspecified atom stereocenters. The number of hydrogen-bond acceptors (Lipinski definition) is 7. The largest absolute Gasteiger partial charge is 0.399 e. The van der Waals surface area contributed by atoms with Crippen LogP contribution in [0, 0.1) is 10.1 Å². The average molecular weight is 314 g/mol. The van der Waals surface area contributed by atoms with Crippen LogP contribution in [0.4, 0.5) is 11.4 Å². The van der Waals surface area contributed by atoms with Gasteiger partial charge in [-0.05, 0) is 12.1 Å². The standard InChI is InChI=1S/C10H10N4O4S2/c11-7-1-2-8(14(15)16)9(5-7)20(17,18)13-6-10-12-3-4-19-10/h1-5,13H,6,11H2. The van der Waals surface area contributed by atoms with Crippen molar-refractivity contribution in [3.05, 3.63) is 44.9 Å². The van der Waals surface area contributed by atoms with Crippen LogP contribution >= 0.6 is 11.3 Å². The van der Waals surface area contributed by atoms with Gasteiger partial charge in [0.05, 0.1) is 11.5 Å². The smallest absolute Gasteiger partial charge is 0.289 e. The maximum Gasteiger partial charge on any atom is 0.289 e. The predicted octanol–water partition coefficient (Wildman–Crippen LogP) is 1.11. The van der Waals surface area contributed by atoms with Gasteiger partial charge in [0, 0.05) is 23.3 Å². The van der Waals surface area contributed by atoms with E-state index in [4.69, 9.17) is 5.73 Å². The second kappa shape index (κ2) is 5.53. The summed E-state index contributed by atoms with van der Waals surface area (Å²) in [6, 6.07) is 3.40. The third-order valence-electron chi connectivity index (χ3n) is 2.37. The molecule has 0 saturated heterocycles. The quantitative estimate of drug-likeness (QED) is 0.483. The lowest BCUT2D eigenvalue weighted by atomic mass is 10.3. The Kier molecular flexibility index (Phi) is 3.97. The van der Waals surface area contributed by atoms with Crippen molar-refractivity contribution < 1.29 is 13.3 Å². The molecule has 2 rings (SSSR count). The van der Waals surface area contributed by atoms with Gasteiger partial charge in [-0.1, -0.05) is 0 Å². The lowest BCUT2D eigenvalue weighted by molar-refractivity contribution is -0.387. The topological polar surface area (TPSA) is 128 Å². The van der Waals surface area contributed by atoms with Crippen molar-refractivity contribution in [3.8, 4) is 0 Å². The first-order valence-corrected chi connectivity index (χ1v) is 7.68. The Balaban J connectivity index is 2.33. The van der Waals surface area contributed by atoms with E-state index in [1.807, 2.05) is 0 Å². The minimum atomic E-state index is -4.04. The van der Waals surface area contributed by atoms with E-state index in [-0.39, 0.29) is 12.2 Å². The van der Waals surface area contributed by atoms with Gasteiger partial charge in [-0.3, -0.25) is 10.1 Å². The fourth-order valence-electron chi connectivity index (χ4n) is 1.47. The van der Waals surface area contributed by atoms with Gasteiger partial charge in [0.25, 0.3) is 5.69 Å². The number of rotatable bonds is 5. The van der Waals surface area contributed by atoms with E-state index in [9.17, 15) is 18.5 Å². The molecule has 106 valence electrons. The first kappa shape index (κ1) is 14.4. The maximum atomic E-state index is 12.1. The Morgan fingerprint density at radius 1 is 1.45 bits per heavy atom. The first-order valence-electron chi connectivity index (χ1n) is 5.32. The number of nitrogens with two attached hydrogens (primary N) is 1. The summed E-state index contributed by atoms with van der Waals surface area (Å²) in [7, 11) is -4.04. The van der Waals surface area contributed by atoms with Gasteiger partial charge in [0.2, 0.25) is 10.0 Å². The normalized spacial score (nSPS) is 11.4. The SMILES string of the molecule is Nc1ccc([N+](=O)[O-])c(S(=O)(=O)NCc2nccs2)c1. The van der Waals surface area contributed by atoms with Crippen molar-refractivity contribution in [3.63, 3.8) is 0 Å². The molecule has 0 radical (unpaired) electrons. The molecule has 0 aliphatic carbocycles.